The van der Waals surface area contributed by atoms with Crippen LogP contribution in [-0.2, 0) is 22.3 Å². The summed E-state index contributed by atoms with van der Waals surface area (Å²) in [5.74, 6) is 1.62. The first-order valence-corrected chi connectivity index (χ1v) is 17.9. The van der Waals surface area contributed by atoms with E-state index in [4.69, 9.17) is 19.4 Å². The second-order valence-corrected chi connectivity index (χ2v) is 16.0. The van der Waals surface area contributed by atoms with Gasteiger partial charge < -0.3 is 19.4 Å². The maximum atomic E-state index is 13.0. The minimum Gasteiger partial charge on any atom is -0.444 e. The minimum absolute atomic E-state index is 0.111. The molecule has 8 rings (SSSR count). The molecule has 3 aliphatic rings. The summed E-state index contributed by atoms with van der Waals surface area (Å²) < 4.78 is 11.4. The SMILES string of the molecule is CC(C)(C)OC(=O)N1CCC[C@H]1c1ncc(-c2ccc(-c3ccc4c(ccc5[nH]c([C@@H]6CCCN6C(=O)OC(C)(C)C)nc54)c3)c3c2CC3)[nH]1. The van der Waals surface area contributed by atoms with E-state index in [1.54, 1.807) is 4.90 Å². The molecule has 10 nitrogen and oxygen atoms in total. The molecule has 0 spiro atoms. The van der Waals surface area contributed by atoms with E-state index in [-0.39, 0.29) is 24.3 Å². The third kappa shape index (κ3) is 5.88. The second-order valence-electron chi connectivity index (χ2n) is 16.0. The van der Waals surface area contributed by atoms with Gasteiger partial charge in [-0.3, -0.25) is 9.80 Å². The number of carbonyl (C=O) groups is 2. The van der Waals surface area contributed by atoms with Crippen LogP contribution >= 0.6 is 0 Å². The molecule has 2 amide bonds. The molecule has 0 bridgehead atoms. The van der Waals surface area contributed by atoms with Gasteiger partial charge in [-0.2, -0.15) is 0 Å². The zero-order chi connectivity index (χ0) is 34.9. The van der Waals surface area contributed by atoms with E-state index in [0.29, 0.717) is 13.1 Å². The van der Waals surface area contributed by atoms with Gasteiger partial charge in [-0.25, -0.2) is 19.6 Å². The molecule has 260 valence electrons. The van der Waals surface area contributed by atoms with Crippen LogP contribution in [0, 0.1) is 0 Å². The Morgan fingerprint density at radius 1 is 0.760 bits per heavy atom. The van der Waals surface area contributed by atoms with Crippen molar-refractivity contribution in [1.82, 2.24) is 29.7 Å². The van der Waals surface area contributed by atoms with Gasteiger partial charge in [0.1, 0.15) is 22.9 Å². The molecular weight excluding hydrogens is 628 g/mol. The molecule has 3 aromatic carbocycles. The molecule has 10 heteroatoms. The fourth-order valence-electron chi connectivity index (χ4n) is 7.83. The Labute approximate surface area is 292 Å². The number of imidazole rings is 2. The highest BCUT2D eigenvalue weighted by Gasteiger charge is 2.36. The third-order valence-corrected chi connectivity index (χ3v) is 10.1. The fourth-order valence-corrected chi connectivity index (χ4v) is 7.83. The number of hydrogen-bond acceptors (Lipinski definition) is 6. The number of benzene rings is 3. The van der Waals surface area contributed by atoms with Gasteiger partial charge in [0.2, 0.25) is 0 Å². The molecule has 50 heavy (non-hydrogen) atoms. The summed E-state index contributed by atoms with van der Waals surface area (Å²) in [7, 11) is 0. The number of fused-ring (bicyclic) bond motifs is 4. The summed E-state index contributed by atoms with van der Waals surface area (Å²) >= 11 is 0. The van der Waals surface area contributed by atoms with E-state index in [1.807, 2.05) is 52.6 Å². The zero-order valence-electron chi connectivity index (χ0n) is 29.9. The van der Waals surface area contributed by atoms with Crippen LogP contribution in [0.5, 0.6) is 0 Å². The highest BCUT2D eigenvalue weighted by atomic mass is 16.6. The van der Waals surface area contributed by atoms with E-state index in [0.717, 1.165) is 77.7 Å². The van der Waals surface area contributed by atoms with Gasteiger partial charge in [0.25, 0.3) is 0 Å². The average Bonchev–Trinajstić information content (AvgIpc) is 3.84. The van der Waals surface area contributed by atoms with E-state index >= 15 is 0 Å². The Balaban J connectivity index is 1.05. The van der Waals surface area contributed by atoms with Gasteiger partial charge in [-0.15, -0.1) is 0 Å². The molecule has 2 N–H and O–H groups in total. The molecular formula is C40H46N6O4. The highest BCUT2D eigenvalue weighted by molar-refractivity contribution is 6.05. The molecule has 2 atom stereocenters. The molecule has 4 heterocycles. The van der Waals surface area contributed by atoms with Crippen LogP contribution in [0.25, 0.3) is 44.2 Å². The van der Waals surface area contributed by atoms with Gasteiger partial charge in [-0.1, -0.05) is 30.3 Å². The standard InChI is InChI=1S/C40H46N6O4/c1-39(2,3)49-37(47)45-19-7-9-32(45)35-41-22-31(43-35)29-17-14-25(27-15-16-28(27)29)23-11-13-26-24(21-23)12-18-30-34(26)44-36(42-30)33-10-8-20-46(33)38(48)50-40(4,5)6/h11-14,17-18,21-22,32-33H,7-10,15-16,19-20H2,1-6H3,(H,41,43)(H,42,44)/t32-,33-/m0/s1. The number of nitrogens with one attached hydrogen (secondary N) is 2. The number of carbonyl (C=O) groups excluding carboxylic acids is 2. The quantitative estimate of drug-likeness (QED) is 0.197. The zero-order valence-corrected chi connectivity index (χ0v) is 29.9. The molecule has 2 saturated heterocycles. The van der Waals surface area contributed by atoms with Gasteiger partial charge in [-0.05, 0) is 120 Å². The van der Waals surface area contributed by atoms with Crippen LogP contribution in [0.15, 0.2) is 48.7 Å². The monoisotopic (exact) mass is 674 g/mol. The lowest BCUT2D eigenvalue weighted by Gasteiger charge is -2.28. The topological polar surface area (TPSA) is 116 Å². The second kappa shape index (κ2) is 11.9. The van der Waals surface area contributed by atoms with Gasteiger partial charge >= 0.3 is 12.2 Å². The number of hydrogen-bond donors (Lipinski definition) is 2. The van der Waals surface area contributed by atoms with Crippen molar-refractivity contribution < 1.29 is 19.1 Å². The van der Waals surface area contributed by atoms with Crippen molar-refractivity contribution in [1.29, 1.82) is 0 Å². The van der Waals surface area contributed by atoms with E-state index in [9.17, 15) is 9.59 Å². The van der Waals surface area contributed by atoms with Crippen molar-refractivity contribution in [3.8, 4) is 22.4 Å². The molecule has 2 fully saturated rings. The normalized spacial score (nSPS) is 19.2. The minimum atomic E-state index is -0.543. The van der Waals surface area contributed by atoms with Crippen LogP contribution in [-0.4, -0.2) is 66.2 Å². The Morgan fingerprint density at radius 2 is 1.38 bits per heavy atom. The van der Waals surface area contributed by atoms with Crippen LogP contribution in [0.1, 0.15) is 102 Å². The van der Waals surface area contributed by atoms with Crippen LogP contribution in [0.4, 0.5) is 9.59 Å². The predicted octanol–water partition coefficient (Wildman–Crippen LogP) is 9.02. The summed E-state index contributed by atoms with van der Waals surface area (Å²) in [4.78, 5) is 46.4. The predicted molar refractivity (Wildman–Crippen MR) is 194 cm³/mol. The number of aromatic amines is 2. The lowest BCUT2D eigenvalue weighted by atomic mass is 9.79. The van der Waals surface area contributed by atoms with E-state index < -0.39 is 11.2 Å². The summed E-state index contributed by atoms with van der Waals surface area (Å²) in [5.41, 5.74) is 8.14. The molecule has 0 saturated carbocycles. The first-order valence-electron chi connectivity index (χ1n) is 17.9. The first-order chi connectivity index (χ1) is 23.8. The molecule has 0 radical (unpaired) electrons. The molecule has 1 aliphatic carbocycles. The Bertz CT molecular complexity index is 2130. The van der Waals surface area contributed by atoms with Crippen molar-refractivity contribution in [2.24, 2.45) is 0 Å². The van der Waals surface area contributed by atoms with Gasteiger partial charge in [0, 0.05) is 24.0 Å². The number of aromatic nitrogens is 4. The lowest BCUT2D eigenvalue weighted by molar-refractivity contribution is 0.0208. The van der Waals surface area contributed by atoms with Gasteiger partial charge in [0.05, 0.1) is 35.0 Å². The van der Waals surface area contributed by atoms with E-state index in [1.165, 1.54) is 27.8 Å². The lowest BCUT2D eigenvalue weighted by Crippen LogP contribution is -2.36. The number of amides is 2. The maximum absolute atomic E-state index is 13.0. The van der Waals surface area contributed by atoms with Crippen LogP contribution < -0.4 is 0 Å². The molecule has 2 aromatic heterocycles. The number of likely N-dealkylation sites (tertiary alicyclic amines) is 2. The van der Waals surface area contributed by atoms with Crippen molar-refractivity contribution in [2.45, 2.75) is 103 Å². The smallest absolute Gasteiger partial charge is 0.410 e. The Kier molecular flexibility index (Phi) is 7.69. The molecule has 2 aliphatic heterocycles. The first kappa shape index (κ1) is 32.4. The Hall–Kier alpha value is -4.86. The van der Waals surface area contributed by atoms with Crippen molar-refractivity contribution in [3.63, 3.8) is 0 Å². The van der Waals surface area contributed by atoms with Crippen molar-refractivity contribution in [3.05, 3.63) is 71.4 Å². The number of ether oxygens (including phenoxy) is 2. The maximum Gasteiger partial charge on any atom is 0.410 e. The average molecular weight is 675 g/mol. The highest BCUT2D eigenvalue weighted by Crippen LogP contribution is 2.42. The van der Waals surface area contributed by atoms with Crippen LogP contribution in [0.2, 0.25) is 0 Å². The largest absolute Gasteiger partial charge is 0.444 e. The number of rotatable bonds is 4. The number of nitrogens with zero attached hydrogens (tertiary/aromatic N) is 4. The summed E-state index contributed by atoms with van der Waals surface area (Å²) in [5, 5.41) is 2.22. The molecule has 0 unspecified atom stereocenters. The third-order valence-electron chi connectivity index (χ3n) is 10.1. The Morgan fingerprint density at radius 3 is 2.02 bits per heavy atom. The fraction of sp³-hybridized carbons (Fsp3) is 0.450. The van der Waals surface area contributed by atoms with Gasteiger partial charge in [0.15, 0.2) is 0 Å². The summed E-state index contributed by atoms with van der Waals surface area (Å²) in [6.07, 6.45) is 6.95. The van der Waals surface area contributed by atoms with Crippen molar-refractivity contribution >= 4 is 34.0 Å². The van der Waals surface area contributed by atoms with Crippen LogP contribution in [0.3, 0.4) is 0 Å². The summed E-state index contributed by atoms with van der Waals surface area (Å²) in [6.45, 7) is 12.7. The number of H-pyrrole nitrogens is 2. The molecule has 5 aromatic rings. The van der Waals surface area contributed by atoms with E-state index in [2.05, 4.69) is 52.4 Å². The van der Waals surface area contributed by atoms with Crippen molar-refractivity contribution in [2.75, 3.05) is 13.1 Å². The summed E-state index contributed by atoms with van der Waals surface area (Å²) in [6, 6.07) is 15.1.